The molecule has 0 aliphatic carbocycles. The van der Waals surface area contributed by atoms with Crippen molar-refractivity contribution in [1.29, 1.82) is 0 Å². The Morgan fingerprint density at radius 1 is 1.20 bits per heavy atom. The molecule has 0 amide bonds. The summed E-state index contributed by atoms with van der Waals surface area (Å²) in [5.74, 6) is 0.660. The molecule has 0 fully saturated rings. The maximum absolute atomic E-state index is 2.43. The monoisotopic (exact) mass is 203 g/mol. The molecule has 1 nitrogen and oxygen atoms in total. The number of rotatable bonds is 0. The van der Waals surface area contributed by atoms with E-state index in [1.807, 2.05) is 0 Å². The van der Waals surface area contributed by atoms with Crippen molar-refractivity contribution in [2.24, 2.45) is 5.41 Å². The third-order valence-corrected chi connectivity index (χ3v) is 3.41. The smallest absolute Gasteiger partial charge is 0.0233 e. The average Bonchev–Trinajstić information content (AvgIpc) is 2.15. The van der Waals surface area contributed by atoms with Gasteiger partial charge in [-0.1, -0.05) is 45.0 Å². The van der Waals surface area contributed by atoms with Crippen LogP contribution in [0.3, 0.4) is 0 Å². The van der Waals surface area contributed by atoms with Crippen LogP contribution in [0.4, 0.5) is 0 Å². The van der Waals surface area contributed by atoms with Gasteiger partial charge in [0.2, 0.25) is 0 Å². The predicted octanol–water partition coefficient (Wildman–Crippen LogP) is 3.26. The zero-order valence-corrected chi connectivity index (χ0v) is 10.2. The zero-order chi connectivity index (χ0) is 11.1. The van der Waals surface area contributed by atoms with Crippen LogP contribution in [-0.4, -0.2) is 18.5 Å². The molecule has 1 unspecified atom stereocenters. The first-order valence-corrected chi connectivity index (χ1v) is 5.75. The van der Waals surface area contributed by atoms with Crippen LogP contribution in [-0.2, 0) is 6.54 Å². The molecule has 0 N–H and O–H groups in total. The summed E-state index contributed by atoms with van der Waals surface area (Å²) in [5, 5.41) is 0. The Kier molecular flexibility index (Phi) is 2.59. The minimum atomic E-state index is 0.352. The molecule has 0 spiro atoms. The molecule has 15 heavy (non-hydrogen) atoms. The molecule has 1 aliphatic rings. The lowest BCUT2D eigenvalue weighted by Gasteiger charge is -2.39. The summed E-state index contributed by atoms with van der Waals surface area (Å²) in [6, 6.07) is 8.89. The third-order valence-electron chi connectivity index (χ3n) is 3.41. The summed E-state index contributed by atoms with van der Waals surface area (Å²) < 4.78 is 0. The van der Waals surface area contributed by atoms with Crippen molar-refractivity contribution in [2.45, 2.75) is 33.2 Å². The fraction of sp³-hybridized carbons (Fsp3) is 0.571. The van der Waals surface area contributed by atoms with Crippen LogP contribution in [0.5, 0.6) is 0 Å². The van der Waals surface area contributed by atoms with Gasteiger partial charge in [0.05, 0.1) is 0 Å². The standard InChI is InChI=1S/C14H21N/c1-14(2,3)13-10-15(4)9-11-7-5-6-8-12(11)13/h5-8,13H,9-10H2,1-4H3. The van der Waals surface area contributed by atoms with Crippen molar-refractivity contribution >= 4 is 0 Å². The van der Waals surface area contributed by atoms with Crippen LogP contribution in [0.15, 0.2) is 24.3 Å². The molecule has 1 heterocycles. The lowest BCUT2D eigenvalue weighted by molar-refractivity contribution is 0.200. The van der Waals surface area contributed by atoms with Gasteiger partial charge in [0, 0.05) is 19.0 Å². The highest BCUT2D eigenvalue weighted by atomic mass is 15.1. The fourth-order valence-corrected chi connectivity index (χ4v) is 2.52. The molecule has 1 aliphatic heterocycles. The molecule has 1 atom stereocenters. The Balaban J connectivity index is 2.43. The van der Waals surface area contributed by atoms with Crippen molar-refractivity contribution in [3.05, 3.63) is 35.4 Å². The van der Waals surface area contributed by atoms with E-state index in [2.05, 4.69) is 57.0 Å². The average molecular weight is 203 g/mol. The van der Waals surface area contributed by atoms with Crippen LogP contribution in [0.2, 0.25) is 0 Å². The summed E-state index contributed by atoms with van der Waals surface area (Å²) in [6.45, 7) is 9.30. The van der Waals surface area contributed by atoms with Crippen molar-refractivity contribution < 1.29 is 0 Å². The number of benzene rings is 1. The van der Waals surface area contributed by atoms with Crippen LogP contribution < -0.4 is 0 Å². The lowest BCUT2D eigenvalue weighted by Crippen LogP contribution is -2.36. The van der Waals surface area contributed by atoms with E-state index in [4.69, 9.17) is 0 Å². The highest BCUT2D eigenvalue weighted by Gasteiger charge is 2.31. The van der Waals surface area contributed by atoms with E-state index >= 15 is 0 Å². The van der Waals surface area contributed by atoms with Crippen LogP contribution in [0.25, 0.3) is 0 Å². The molecule has 1 aromatic carbocycles. The summed E-state index contributed by atoms with van der Waals surface area (Å²) in [4.78, 5) is 2.43. The van der Waals surface area contributed by atoms with Crippen molar-refractivity contribution in [3.8, 4) is 0 Å². The minimum absolute atomic E-state index is 0.352. The van der Waals surface area contributed by atoms with Gasteiger partial charge in [-0.15, -0.1) is 0 Å². The zero-order valence-electron chi connectivity index (χ0n) is 10.2. The molecule has 0 saturated heterocycles. The van der Waals surface area contributed by atoms with Gasteiger partial charge in [0.15, 0.2) is 0 Å². The molecule has 1 aromatic rings. The number of nitrogens with zero attached hydrogens (tertiary/aromatic N) is 1. The SMILES string of the molecule is CN1Cc2ccccc2C(C(C)(C)C)C1. The number of hydrogen-bond acceptors (Lipinski definition) is 1. The number of fused-ring (bicyclic) bond motifs is 1. The molecule has 1 heteroatoms. The fourth-order valence-electron chi connectivity index (χ4n) is 2.52. The summed E-state index contributed by atoms with van der Waals surface area (Å²) in [5.41, 5.74) is 3.42. The normalized spacial score (nSPS) is 22.5. The Hall–Kier alpha value is -0.820. The predicted molar refractivity (Wildman–Crippen MR) is 65.0 cm³/mol. The second-order valence-electron chi connectivity index (χ2n) is 5.81. The summed E-state index contributed by atoms with van der Waals surface area (Å²) in [6.07, 6.45) is 0. The first-order valence-electron chi connectivity index (χ1n) is 5.75. The van der Waals surface area contributed by atoms with E-state index < -0.39 is 0 Å². The largest absolute Gasteiger partial charge is 0.301 e. The molecular weight excluding hydrogens is 182 g/mol. The van der Waals surface area contributed by atoms with Crippen LogP contribution >= 0.6 is 0 Å². The van der Waals surface area contributed by atoms with Crippen LogP contribution in [0.1, 0.15) is 37.8 Å². The van der Waals surface area contributed by atoms with Crippen LogP contribution in [0, 0.1) is 5.41 Å². The number of likely N-dealkylation sites (N-methyl/N-ethyl adjacent to an activating group) is 1. The highest BCUT2D eigenvalue weighted by molar-refractivity contribution is 5.33. The lowest BCUT2D eigenvalue weighted by atomic mass is 9.73. The van der Waals surface area contributed by atoms with Crippen molar-refractivity contribution in [1.82, 2.24) is 4.90 Å². The van der Waals surface area contributed by atoms with Gasteiger partial charge in [-0.25, -0.2) is 0 Å². The molecule has 0 bridgehead atoms. The quantitative estimate of drug-likeness (QED) is 0.625. The van der Waals surface area contributed by atoms with Gasteiger partial charge in [-0.2, -0.15) is 0 Å². The van der Waals surface area contributed by atoms with Crippen molar-refractivity contribution in [3.63, 3.8) is 0 Å². The van der Waals surface area contributed by atoms with Gasteiger partial charge < -0.3 is 4.90 Å². The van der Waals surface area contributed by atoms with E-state index in [0.717, 1.165) is 6.54 Å². The second-order valence-corrected chi connectivity index (χ2v) is 5.81. The van der Waals surface area contributed by atoms with E-state index in [1.54, 1.807) is 5.56 Å². The first kappa shape index (κ1) is 10.7. The maximum Gasteiger partial charge on any atom is 0.0233 e. The summed E-state index contributed by atoms with van der Waals surface area (Å²) >= 11 is 0. The third kappa shape index (κ3) is 2.07. The Morgan fingerprint density at radius 3 is 2.53 bits per heavy atom. The molecule has 82 valence electrons. The van der Waals surface area contributed by atoms with E-state index in [0.29, 0.717) is 11.3 Å². The van der Waals surface area contributed by atoms with Gasteiger partial charge >= 0.3 is 0 Å². The summed E-state index contributed by atoms with van der Waals surface area (Å²) in [7, 11) is 2.22. The van der Waals surface area contributed by atoms with E-state index in [9.17, 15) is 0 Å². The topological polar surface area (TPSA) is 3.24 Å². The molecule has 2 rings (SSSR count). The van der Waals surface area contributed by atoms with E-state index in [1.165, 1.54) is 12.1 Å². The van der Waals surface area contributed by atoms with Crippen molar-refractivity contribution in [2.75, 3.05) is 13.6 Å². The molecular formula is C14H21N. The van der Waals surface area contributed by atoms with E-state index in [-0.39, 0.29) is 0 Å². The van der Waals surface area contributed by atoms with Gasteiger partial charge in [0.25, 0.3) is 0 Å². The second kappa shape index (κ2) is 3.64. The molecule has 0 saturated carbocycles. The highest BCUT2D eigenvalue weighted by Crippen LogP contribution is 2.39. The maximum atomic E-state index is 2.43. The molecule has 0 aromatic heterocycles. The first-order chi connectivity index (χ1) is 6.98. The van der Waals surface area contributed by atoms with Gasteiger partial charge in [-0.05, 0) is 23.6 Å². The Bertz CT molecular complexity index is 349. The molecule has 0 radical (unpaired) electrons. The minimum Gasteiger partial charge on any atom is -0.301 e. The Morgan fingerprint density at radius 2 is 1.87 bits per heavy atom. The Labute approximate surface area is 93.1 Å². The van der Waals surface area contributed by atoms with Gasteiger partial charge in [0.1, 0.15) is 0 Å². The number of hydrogen-bond donors (Lipinski definition) is 0. The van der Waals surface area contributed by atoms with Gasteiger partial charge in [-0.3, -0.25) is 0 Å².